The molecule has 0 aliphatic rings. The Morgan fingerprint density at radius 3 is 2.26 bits per heavy atom. The van der Waals surface area contributed by atoms with Crippen LogP contribution in [0.3, 0.4) is 0 Å². The number of anilines is 1. The van der Waals surface area contributed by atoms with E-state index in [0.717, 1.165) is 21.6 Å². The SMILES string of the molecule is COC(=O)[C@H](Cc1ccc(-c2csc(CNCC(=O)OC(C)(C)C)c2)cc1)Nc1ccccc1C(=O)c1ccccc1. The van der Waals surface area contributed by atoms with Gasteiger partial charge in [-0.15, -0.1) is 11.3 Å². The number of carbonyl (C=O) groups is 3. The van der Waals surface area contributed by atoms with E-state index in [-0.39, 0.29) is 18.3 Å². The minimum atomic E-state index is -0.686. The first kappa shape index (κ1) is 30.7. The normalized spacial score (nSPS) is 11.9. The second kappa shape index (κ2) is 14.1. The van der Waals surface area contributed by atoms with E-state index >= 15 is 0 Å². The Morgan fingerprint density at radius 2 is 1.57 bits per heavy atom. The summed E-state index contributed by atoms with van der Waals surface area (Å²) in [5.74, 6) is -0.815. The first-order valence-corrected chi connectivity index (χ1v) is 14.6. The largest absolute Gasteiger partial charge is 0.467 e. The summed E-state index contributed by atoms with van der Waals surface area (Å²) >= 11 is 1.62. The molecule has 0 fully saturated rings. The van der Waals surface area contributed by atoms with Crippen LogP contribution in [-0.2, 0) is 32.0 Å². The highest BCUT2D eigenvalue weighted by Crippen LogP contribution is 2.27. The lowest BCUT2D eigenvalue weighted by Crippen LogP contribution is -2.33. The first-order valence-electron chi connectivity index (χ1n) is 13.8. The number of para-hydroxylation sites is 1. The number of carbonyl (C=O) groups excluding carboxylic acids is 3. The second-order valence-electron chi connectivity index (χ2n) is 10.9. The van der Waals surface area contributed by atoms with Crippen molar-refractivity contribution in [2.75, 3.05) is 19.0 Å². The first-order chi connectivity index (χ1) is 20.1. The topological polar surface area (TPSA) is 93.7 Å². The van der Waals surface area contributed by atoms with Crippen molar-refractivity contribution in [1.29, 1.82) is 0 Å². The van der Waals surface area contributed by atoms with Crippen molar-refractivity contribution in [2.45, 2.75) is 45.4 Å². The Balaban J connectivity index is 1.41. The molecule has 0 aliphatic heterocycles. The van der Waals surface area contributed by atoms with Crippen LogP contribution in [0.5, 0.6) is 0 Å². The van der Waals surface area contributed by atoms with Gasteiger partial charge in [-0.2, -0.15) is 0 Å². The second-order valence-corrected chi connectivity index (χ2v) is 11.8. The number of hydrogen-bond donors (Lipinski definition) is 2. The number of ether oxygens (including phenoxy) is 2. The number of ketones is 1. The Kier molecular flexibility index (Phi) is 10.3. The van der Waals surface area contributed by atoms with Crippen molar-refractivity contribution in [1.82, 2.24) is 5.32 Å². The molecule has 0 unspecified atom stereocenters. The van der Waals surface area contributed by atoms with Gasteiger partial charge >= 0.3 is 11.9 Å². The average Bonchev–Trinajstić information content (AvgIpc) is 3.45. The molecule has 0 spiro atoms. The van der Waals surface area contributed by atoms with Crippen molar-refractivity contribution < 1.29 is 23.9 Å². The molecular formula is C34H36N2O5S. The zero-order valence-corrected chi connectivity index (χ0v) is 25.1. The maximum Gasteiger partial charge on any atom is 0.328 e. The number of thiophene rings is 1. The van der Waals surface area contributed by atoms with Crippen LogP contribution in [-0.4, -0.2) is 43.0 Å². The number of benzene rings is 3. The summed E-state index contributed by atoms with van der Waals surface area (Å²) in [4.78, 5) is 39.0. The van der Waals surface area contributed by atoms with Gasteiger partial charge in [0.05, 0.1) is 13.7 Å². The van der Waals surface area contributed by atoms with Crippen LogP contribution in [0, 0.1) is 0 Å². The number of methoxy groups -OCH3 is 1. The molecule has 4 rings (SSSR count). The Morgan fingerprint density at radius 1 is 0.881 bits per heavy atom. The highest BCUT2D eigenvalue weighted by atomic mass is 32.1. The number of hydrogen-bond acceptors (Lipinski definition) is 8. The van der Waals surface area contributed by atoms with E-state index in [1.807, 2.05) is 69.3 Å². The fraction of sp³-hybridized carbons (Fsp3) is 0.265. The number of esters is 2. The summed E-state index contributed by atoms with van der Waals surface area (Å²) < 4.78 is 10.4. The Bertz CT molecular complexity index is 1510. The smallest absolute Gasteiger partial charge is 0.328 e. The monoisotopic (exact) mass is 584 g/mol. The van der Waals surface area contributed by atoms with Gasteiger partial charge in [0, 0.05) is 34.7 Å². The van der Waals surface area contributed by atoms with Crippen LogP contribution in [0.2, 0.25) is 0 Å². The molecule has 0 saturated carbocycles. The highest BCUT2D eigenvalue weighted by Gasteiger charge is 2.23. The Labute approximate surface area is 250 Å². The lowest BCUT2D eigenvalue weighted by Gasteiger charge is -2.20. The van der Waals surface area contributed by atoms with Crippen molar-refractivity contribution in [3.05, 3.63) is 112 Å². The molecular weight excluding hydrogens is 548 g/mol. The minimum absolute atomic E-state index is 0.123. The van der Waals surface area contributed by atoms with E-state index in [1.54, 1.807) is 41.7 Å². The molecule has 0 amide bonds. The fourth-order valence-electron chi connectivity index (χ4n) is 4.43. The van der Waals surface area contributed by atoms with Gasteiger partial charge in [-0.05, 0) is 61.0 Å². The van der Waals surface area contributed by atoms with Crippen LogP contribution in [0.4, 0.5) is 5.69 Å². The van der Waals surface area contributed by atoms with Gasteiger partial charge in [0.25, 0.3) is 0 Å². The van der Waals surface area contributed by atoms with Crippen LogP contribution in [0.25, 0.3) is 11.1 Å². The van der Waals surface area contributed by atoms with Gasteiger partial charge in [0.2, 0.25) is 0 Å². The molecule has 3 aromatic carbocycles. The molecule has 1 aromatic heterocycles. The molecule has 0 bridgehead atoms. The molecule has 4 aromatic rings. The van der Waals surface area contributed by atoms with E-state index < -0.39 is 17.6 Å². The van der Waals surface area contributed by atoms with Crippen LogP contribution < -0.4 is 10.6 Å². The molecule has 0 radical (unpaired) electrons. The third kappa shape index (κ3) is 8.61. The third-order valence-electron chi connectivity index (χ3n) is 6.39. The molecule has 2 N–H and O–H groups in total. The third-order valence-corrected chi connectivity index (χ3v) is 7.33. The summed E-state index contributed by atoms with van der Waals surface area (Å²) in [6.07, 6.45) is 0.379. The molecule has 7 nitrogen and oxygen atoms in total. The van der Waals surface area contributed by atoms with Crippen LogP contribution >= 0.6 is 11.3 Å². The molecule has 1 heterocycles. The molecule has 0 saturated heterocycles. The lowest BCUT2D eigenvalue weighted by atomic mass is 9.99. The predicted molar refractivity (Wildman–Crippen MR) is 167 cm³/mol. The molecule has 218 valence electrons. The highest BCUT2D eigenvalue weighted by molar-refractivity contribution is 7.10. The quantitative estimate of drug-likeness (QED) is 0.150. The van der Waals surface area contributed by atoms with Gasteiger partial charge in [-0.25, -0.2) is 4.79 Å². The van der Waals surface area contributed by atoms with E-state index in [0.29, 0.717) is 29.8 Å². The van der Waals surface area contributed by atoms with Crippen molar-refractivity contribution >= 4 is 34.7 Å². The van der Waals surface area contributed by atoms with Crippen LogP contribution in [0.15, 0.2) is 90.3 Å². The number of nitrogens with one attached hydrogen (secondary N) is 2. The maximum atomic E-state index is 13.2. The molecule has 42 heavy (non-hydrogen) atoms. The zero-order chi connectivity index (χ0) is 30.1. The van der Waals surface area contributed by atoms with Crippen molar-refractivity contribution in [3.63, 3.8) is 0 Å². The average molecular weight is 585 g/mol. The van der Waals surface area contributed by atoms with E-state index in [9.17, 15) is 14.4 Å². The van der Waals surface area contributed by atoms with Crippen molar-refractivity contribution in [2.24, 2.45) is 0 Å². The summed E-state index contributed by atoms with van der Waals surface area (Å²) in [7, 11) is 1.36. The van der Waals surface area contributed by atoms with E-state index in [2.05, 4.69) is 22.1 Å². The summed E-state index contributed by atoms with van der Waals surface area (Å²) in [6, 6.07) is 25.7. The fourth-order valence-corrected chi connectivity index (χ4v) is 5.30. The minimum Gasteiger partial charge on any atom is -0.467 e. The predicted octanol–water partition coefficient (Wildman–Crippen LogP) is 6.27. The lowest BCUT2D eigenvalue weighted by molar-refractivity contribution is -0.153. The molecule has 0 aliphatic carbocycles. The van der Waals surface area contributed by atoms with E-state index in [4.69, 9.17) is 9.47 Å². The Hall–Kier alpha value is -4.27. The van der Waals surface area contributed by atoms with Gasteiger partial charge in [-0.3, -0.25) is 9.59 Å². The number of rotatable bonds is 12. The van der Waals surface area contributed by atoms with Gasteiger partial charge in [0.15, 0.2) is 5.78 Å². The zero-order valence-electron chi connectivity index (χ0n) is 24.3. The van der Waals surface area contributed by atoms with Gasteiger partial charge < -0.3 is 20.1 Å². The van der Waals surface area contributed by atoms with E-state index in [1.165, 1.54) is 7.11 Å². The standard InChI is InChI=1S/C34H36N2O5S/c1-34(2,3)41-31(37)21-35-20-27-19-26(22-42-27)24-16-14-23(15-17-24)18-30(33(39)40-4)36-29-13-9-8-12-28(29)32(38)25-10-6-5-7-11-25/h5-17,19,22,30,35-36H,18,20-21H2,1-4H3/t30-/m0/s1. The maximum absolute atomic E-state index is 13.2. The molecule has 8 heteroatoms. The van der Waals surface area contributed by atoms with Gasteiger partial charge in [0.1, 0.15) is 11.6 Å². The summed E-state index contributed by atoms with van der Waals surface area (Å²) in [5.41, 5.74) is 4.22. The molecule has 1 atom stereocenters. The summed E-state index contributed by atoms with van der Waals surface area (Å²) in [5, 5.41) is 8.48. The van der Waals surface area contributed by atoms with Gasteiger partial charge in [-0.1, -0.05) is 66.7 Å². The van der Waals surface area contributed by atoms with Crippen molar-refractivity contribution in [3.8, 4) is 11.1 Å². The summed E-state index contributed by atoms with van der Waals surface area (Å²) in [6.45, 7) is 6.27. The van der Waals surface area contributed by atoms with Crippen LogP contribution in [0.1, 0.15) is 47.1 Å².